The Morgan fingerprint density at radius 1 is 1.17 bits per heavy atom. The van der Waals surface area contributed by atoms with Gasteiger partial charge in [0.1, 0.15) is 13.1 Å². The average Bonchev–Trinajstić information content (AvgIpc) is 2.26. The number of nitrogens with zero attached hydrogens (tertiary/aromatic N) is 2. The zero-order valence-corrected chi connectivity index (χ0v) is 10.9. The molecule has 0 rings (SSSR count). The summed E-state index contributed by atoms with van der Waals surface area (Å²) < 4.78 is 0. The Kier molecular flexibility index (Phi) is 7.50. The van der Waals surface area contributed by atoms with E-state index in [1.165, 1.54) is 4.90 Å². The molecule has 104 valence electrons. The molecule has 0 aliphatic carbocycles. The van der Waals surface area contributed by atoms with Crippen molar-refractivity contribution in [3.63, 3.8) is 0 Å². The van der Waals surface area contributed by atoms with Crippen LogP contribution in [-0.2, 0) is 9.59 Å². The maximum absolute atomic E-state index is 11.9. The van der Waals surface area contributed by atoms with Crippen LogP contribution in [-0.4, -0.2) is 59.5 Å². The number of rotatable bonds is 8. The monoisotopic (exact) mass is 259 g/mol. The van der Waals surface area contributed by atoms with Crippen molar-refractivity contribution in [2.24, 2.45) is 5.73 Å². The third-order valence-corrected chi connectivity index (χ3v) is 2.37. The summed E-state index contributed by atoms with van der Waals surface area (Å²) in [6, 6.07) is -0.493. The smallest absolute Gasteiger partial charge is 0.323 e. The van der Waals surface area contributed by atoms with Crippen LogP contribution in [0.4, 0.5) is 4.79 Å². The molecule has 3 N–H and O–H groups in total. The average molecular weight is 259 g/mol. The summed E-state index contributed by atoms with van der Waals surface area (Å²) in [5.41, 5.74) is 4.98. The number of nitrogens with two attached hydrogens (primary N) is 1. The van der Waals surface area contributed by atoms with E-state index in [1.807, 2.05) is 6.92 Å². The van der Waals surface area contributed by atoms with Crippen LogP contribution in [0.2, 0.25) is 0 Å². The number of amides is 3. The van der Waals surface area contributed by atoms with E-state index in [1.54, 1.807) is 7.05 Å². The van der Waals surface area contributed by atoms with Gasteiger partial charge in [-0.05, 0) is 6.42 Å². The molecule has 0 unspecified atom stereocenters. The maximum atomic E-state index is 11.9. The molecular weight excluding hydrogens is 238 g/mol. The predicted octanol–water partition coefficient (Wildman–Crippen LogP) is 0.100. The van der Waals surface area contributed by atoms with Gasteiger partial charge in [0.05, 0.1) is 0 Å². The third kappa shape index (κ3) is 6.72. The first-order valence-electron chi connectivity index (χ1n) is 5.88. The number of urea groups is 1. The molecule has 0 fully saturated rings. The Labute approximate surface area is 107 Å². The maximum Gasteiger partial charge on any atom is 0.323 e. The highest BCUT2D eigenvalue weighted by Gasteiger charge is 2.21. The van der Waals surface area contributed by atoms with Gasteiger partial charge in [0, 0.05) is 13.6 Å². The fourth-order valence-corrected chi connectivity index (χ4v) is 1.48. The summed E-state index contributed by atoms with van der Waals surface area (Å²) in [5.74, 6) is -1.90. The number of hydrogen-bond acceptors (Lipinski definition) is 3. The molecule has 0 aromatic rings. The normalized spacial score (nSPS) is 9.89. The Morgan fingerprint density at radius 2 is 1.78 bits per heavy atom. The second-order valence-electron chi connectivity index (χ2n) is 4.13. The summed E-state index contributed by atoms with van der Waals surface area (Å²) in [6.07, 6.45) is 2.87. The molecule has 0 radical (unpaired) electrons. The Bertz CT molecular complexity index is 291. The number of carbonyl (C=O) groups is 3. The molecule has 0 saturated heterocycles. The minimum atomic E-state index is -1.17. The second kappa shape index (κ2) is 8.32. The number of unbranched alkanes of at least 4 members (excludes halogenated alkanes) is 2. The van der Waals surface area contributed by atoms with Crippen molar-refractivity contribution in [2.45, 2.75) is 26.2 Å². The molecule has 0 atom stereocenters. The van der Waals surface area contributed by atoms with Crippen LogP contribution < -0.4 is 5.73 Å². The van der Waals surface area contributed by atoms with E-state index in [9.17, 15) is 14.4 Å². The van der Waals surface area contributed by atoms with Gasteiger partial charge < -0.3 is 20.6 Å². The lowest BCUT2D eigenvalue weighted by Crippen LogP contribution is -2.47. The first-order valence-corrected chi connectivity index (χ1v) is 5.88. The quantitative estimate of drug-likeness (QED) is 0.603. The highest BCUT2D eigenvalue weighted by atomic mass is 16.4. The first-order chi connectivity index (χ1) is 8.38. The van der Waals surface area contributed by atoms with Gasteiger partial charge in [-0.2, -0.15) is 0 Å². The van der Waals surface area contributed by atoms with Crippen molar-refractivity contribution < 1.29 is 19.5 Å². The van der Waals surface area contributed by atoms with Crippen LogP contribution in [0.3, 0.4) is 0 Å². The third-order valence-electron chi connectivity index (χ3n) is 2.37. The molecule has 0 spiro atoms. The molecule has 7 heteroatoms. The molecule has 0 aromatic carbocycles. The lowest BCUT2D eigenvalue weighted by molar-refractivity contribution is -0.138. The van der Waals surface area contributed by atoms with E-state index < -0.39 is 24.5 Å². The Balaban J connectivity index is 4.42. The van der Waals surface area contributed by atoms with Crippen LogP contribution in [0.25, 0.3) is 0 Å². The number of carboxylic acids is 1. The summed E-state index contributed by atoms with van der Waals surface area (Å²) in [7, 11) is 1.58. The van der Waals surface area contributed by atoms with Gasteiger partial charge in [0.2, 0.25) is 5.91 Å². The van der Waals surface area contributed by atoms with Crippen molar-refractivity contribution in [1.82, 2.24) is 9.80 Å². The predicted molar refractivity (Wildman–Crippen MR) is 66.0 cm³/mol. The van der Waals surface area contributed by atoms with E-state index in [0.717, 1.165) is 24.2 Å². The highest BCUT2D eigenvalue weighted by Crippen LogP contribution is 2.01. The Morgan fingerprint density at radius 3 is 2.22 bits per heavy atom. The van der Waals surface area contributed by atoms with Crippen molar-refractivity contribution in [1.29, 1.82) is 0 Å². The molecule has 3 amide bonds. The molecule has 0 aromatic heterocycles. The standard InChI is InChI=1S/C11H21N3O4/c1-3-4-5-6-13(2)11(18)14(7-9(12)15)8-10(16)17/h3-8H2,1-2H3,(H2,12,15)(H,16,17). The molecular formula is C11H21N3O4. The van der Waals surface area contributed by atoms with Crippen LogP contribution in [0.1, 0.15) is 26.2 Å². The second-order valence-corrected chi connectivity index (χ2v) is 4.13. The lowest BCUT2D eigenvalue weighted by Gasteiger charge is -2.26. The lowest BCUT2D eigenvalue weighted by atomic mass is 10.2. The molecule has 0 heterocycles. The highest BCUT2D eigenvalue weighted by molar-refractivity contribution is 5.85. The minimum absolute atomic E-state index is 0.386. The number of carboxylic acid groups (broad SMARTS) is 1. The van der Waals surface area contributed by atoms with Crippen molar-refractivity contribution >= 4 is 17.9 Å². The summed E-state index contributed by atoms with van der Waals surface area (Å²) in [4.78, 5) is 35.6. The van der Waals surface area contributed by atoms with Crippen LogP contribution >= 0.6 is 0 Å². The molecule has 7 nitrogen and oxygen atoms in total. The summed E-state index contributed by atoms with van der Waals surface area (Å²) in [5, 5.41) is 8.68. The van der Waals surface area contributed by atoms with Crippen LogP contribution in [0.15, 0.2) is 0 Å². The number of carbonyl (C=O) groups excluding carboxylic acids is 2. The SMILES string of the molecule is CCCCCN(C)C(=O)N(CC(N)=O)CC(=O)O. The van der Waals surface area contributed by atoms with Gasteiger partial charge in [-0.1, -0.05) is 19.8 Å². The first kappa shape index (κ1) is 16.2. The number of primary amides is 1. The van der Waals surface area contributed by atoms with E-state index >= 15 is 0 Å². The van der Waals surface area contributed by atoms with Gasteiger partial charge >= 0.3 is 12.0 Å². The van der Waals surface area contributed by atoms with Gasteiger partial charge in [-0.3, -0.25) is 9.59 Å². The van der Waals surface area contributed by atoms with E-state index in [0.29, 0.717) is 6.54 Å². The number of hydrogen-bond donors (Lipinski definition) is 2. The van der Waals surface area contributed by atoms with Crippen molar-refractivity contribution in [3.8, 4) is 0 Å². The molecule has 18 heavy (non-hydrogen) atoms. The summed E-state index contributed by atoms with van der Waals surface area (Å²) in [6.45, 7) is 1.66. The number of aliphatic carboxylic acids is 1. The van der Waals surface area contributed by atoms with E-state index in [2.05, 4.69) is 0 Å². The van der Waals surface area contributed by atoms with Crippen molar-refractivity contribution in [2.75, 3.05) is 26.7 Å². The minimum Gasteiger partial charge on any atom is -0.480 e. The van der Waals surface area contributed by atoms with Gasteiger partial charge in [-0.15, -0.1) is 0 Å². The fourth-order valence-electron chi connectivity index (χ4n) is 1.48. The van der Waals surface area contributed by atoms with Gasteiger partial charge in [0.25, 0.3) is 0 Å². The summed E-state index contributed by atoms with van der Waals surface area (Å²) >= 11 is 0. The topological polar surface area (TPSA) is 104 Å². The molecule has 0 bridgehead atoms. The van der Waals surface area contributed by atoms with Crippen LogP contribution in [0, 0.1) is 0 Å². The molecule has 0 aliphatic rings. The van der Waals surface area contributed by atoms with Crippen molar-refractivity contribution in [3.05, 3.63) is 0 Å². The van der Waals surface area contributed by atoms with Crippen LogP contribution in [0.5, 0.6) is 0 Å². The van der Waals surface area contributed by atoms with E-state index in [4.69, 9.17) is 10.8 Å². The Hall–Kier alpha value is -1.79. The van der Waals surface area contributed by atoms with Gasteiger partial charge in [0.15, 0.2) is 0 Å². The van der Waals surface area contributed by atoms with E-state index in [-0.39, 0.29) is 6.54 Å². The molecule has 0 saturated carbocycles. The zero-order valence-electron chi connectivity index (χ0n) is 10.9. The fraction of sp³-hybridized carbons (Fsp3) is 0.727. The molecule has 0 aliphatic heterocycles. The largest absolute Gasteiger partial charge is 0.480 e. The zero-order chi connectivity index (χ0) is 14.1. The van der Waals surface area contributed by atoms with Gasteiger partial charge in [-0.25, -0.2) is 4.79 Å².